The minimum atomic E-state index is -0.804. The van der Waals surface area contributed by atoms with E-state index in [2.05, 4.69) is 0 Å². The first-order chi connectivity index (χ1) is 8.36. The highest BCUT2D eigenvalue weighted by atomic mass is 16.7. The molecule has 0 bridgehead atoms. The topological polar surface area (TPSA) is 61.8 Å². The molecule has 18 heavy (non-hydrogen) atoms. The van der Waals surface area contributed by atoms with Gasteiger partial charge in [0.1, 0.15) is 0 Å². The van der Waals surface area contributed by atoms with E-state index < -0.39 is 29.9 Å². The summed E-state index contributed by atoms with van der Waals surface area (Å²) < 4.78 is 16.2. The lowest BCUT2D eigenvalue weighted by Crippen LogP contribution is -2.37. The van der Waals surface area contributed by atoms with E-state index >= 15 is 0 Å². The molecule has 104 valence electrons. The van der Waals surface area contributed by atoms with Crippen molar-refractivity contribution >= 4 is 11.9 Å². The molecule has 1 fully saturated rings. The molecule has 2 unspecified atom stereocenters. The summed E-state index contributed by atoms with van der Waals surface area (Å²) >= 11 is 0. The van der Waals surface area contributed by atoms with Gasteiger partial charge in [0.25, 0.3) is 0 Å². The predicted octanol–water partition coefficient (Wildman–Crippen LogP) is 2.03. The summed E-state index contributed by atoms with van der Waals surface area (Å²) in [6, 6.07) is 0. The van der Waals surface area contributed by atoms with Crippen molar-refractivity contribution in [2.45, 2.75) is 65.5 Å². The van der Waals surface area contributed by atoms with Crippen LogP contribution in [0.2, 0.25) is 0 Å². The van der Waals surface area contributed by atoms with E-state index in [0.29, 0.717) is 0 Å². The van der Waals surface area contributed by atoms with Gasteiger partial charge in [-0.2, -0.15) is 0 Å². The lowest BCUT2D eigenvalue weighted by molar-refractivity contribution is -0.205. The molecule has 0 aromatic heterocycles. The quantitative estimate of drug-likeness (QED) is 0.722. The van der Waals surface area contributed by atoms with E-state index in [-0.39, 0.29) is 5.92 Å². The van der Waals surface area contributed by atoms with E-state index in [1.165, 1.54) is 13.8 Å². The zero-order valence-electron chi connectivity index (χ0n) is 11.7. The fraction of sp³-hybridized carbons (Fsp3) is 0.846. The van der Waals surface area contributed by atoms with E-state index in [0.717, 1.165) is 12.8 Å². The molecule has 0 saturated carbocycles. The van der Waals surface area contributed by atoms with Crippen molar-refractivity contribution in [3.05, 3.63) is 0 Å². The van der Waals surface area contributed by atoms with Gasteiger partial charge >= 0.3 is 11.9 Å². The van der Waals surface area contributed by atoms with E-state index in [1.54, 1.807) is 0 Å². The molecular weight excluding hydrogens is 236 g/mol. The van der Waals surface area contributed by atoms with Crippen molar-refractivity contribution in [3.8, 4) is 0 Å². The van der Waals surface area contributed by atoms with Crippen LogP contribution in [0.5, 0.6) is 0 Å². The molecule has 3 atom stereocenters. The van der Waals surface area contributed by atoms with Crippen LogP contribution in [0.15, 0.2) is 0 Å². The van der Waals surface area contributed by atoms with Crippen molar-refractivity contribution in [3.63, 3.8) is 0 Å². The van der Waals surface area contributed by atoms with Crippen LogP contribution in [0, 0.1) is 5.92 Å². The summed E-state index contributed by atoms with van der Waals surface area (Å²) in [5.41, 5.74) is -0.403. The van der Waals surface area contributed by atoms with Gasteiger partial charge in [-0.1, -0.05) is 20.8 Å². The first kappa shape index (κ1) is 15.0. The number of ether oxygens (including phenoxy) is 3. The third-order valence-corrected chi connectivity index (χ3v) is 3.72. The minimum absolute atomic E-state index is 0.0132. The number of hydrogen-bond donors (Lipinski definition) is 0. The van der Waals surface area contributed by atoms with E-state index in [4.69, 9.17) is 14.2 Å². The molecule has 1 rings (SSSR count). The molecule has 1 aliphatic rings. The average Bonchev–Trinajstić information content (AvgIpc) is 2.53. The summed E-state index contributed by atoms with van der Waals surface area (Å²) in [5.74, 6) is -0.844. The minimum Gasteiger partial charge on any atom is -0.455 e. The zero-order chi connectivity index (χ0) is 13.9. The Hall–Kier alpha value is -1.10. The molecule has 0 spiro atoms. The SMILES string of the molecule is CCC1(CC)OC(OC(C)=O)[C@@H](OC(C)=O)C1C. The fourth-order valence-corrected chi connectivity index (χ4v) is 2.61. The molecule has 1 aliphatic heterocycles. The van der Waals surface area contributed by atoms with Crippen molar-refractivity contribution in [2.75, 3.05) is 0 Å². The number of hydrogen-bond acceptors (Lipinski definition) is 5. The Morgan fingerprint density at radius 1 is 1.11 bits per heavy atom. The summed E-state index contributed by atoms with van der Waals surface area (Å²) in [6.07, 6.45) is 0.216. The smallest absolute Gasteiger partial charge is 0.305 e. The average molecular weight is 258 g/mol. The Balaban J connectivity index is 2.94. The van der Waals surface area contributed by atoms with Crippen LogP contribution in [0.4, 0.5) is 0 Å². The Morgan fingerprint density at radius 2 is 1.61 bits per heavy atom. The van der Waals surface area contributed by atoms with Crippen LogP contribution in [-0.2, 0) is 23.8 Å². The second-order valence-corrected chi connectivity index (χ2v) is 4.73. The first-order valence-electron chi connectivity index (χ1n) is 6.38. The summed E-state index contributed by atoms with van der Waals surface area (Å²) in [5, 5.41) is 0. The maximum absolute atomic E-state index is 11.1. The van der Waals surface area contributed by atoms with Gasteiger partial charge < -0.3 is 14.2 Å². The third-order valence-electron chi connectivity index (χ3n) is 3.72. The normalized spacial score (nSPS) is 29.9. The molecule has 0 amide bonds. The van der Waals surface area contributed by atoms with Crippen molar-refractivity contribution in [1.82, 2.24) is 0 Å². The van der Waals surface area contributed by atoms with Gasteiger partial charge in [-0.25, -0.2) is 0 Å². The standard InChI is InChI=1S/C13H22O5/c1-6-13(7-2)8(3)11(16-9(4)14)12(18-13)17-10(5)15/h8,11-12H,6-7H2,1-5H3/t8?,11-,12?/m0/s1. The molecule has 1 heterocycles. The van der Waals surface area contributed by atoms with Crippen LogP contribution in [0.25, 0.3) is 0 Å². The van der Waals surface area contributed by atoms with E-state index in [1.807, 2.05) is 20.8 Å². The Bertz CT molecular complexity index is 321. The molecule has 0 radical (unpaired) electrons. The largest absolute Gasteiger partial charge is 0.455 e. The number of carbonyl (C=O) groups is 2. The molecule has 1 saturated heterocycles. The second kappa shape index (κ2) is 5.69. The summed E-state index contributed by atoms with van der Waals surface area (Å²) in [7, 11) is 0. The molecule has 0 aromatic rings. The second-order valence-electron chi connectivity index (χ2n) is 4.73. The Labute approximate surface area is 108 Å². The Kier molecular flexibility index (Phi) is 4.73. The molecule has 5 nitrogen and oxygen atoms in total. The van der Waals surface area contributed by atoms with Crippen LogP contribution < -0.4 is 0 Å². The number of esters is 2. The highest BCUT2D eigenvalue weighted by Gasteiger charge is 2.53. The third kappa shape index (κ3) is 2.83. The van der Waals surface area contributed by atoms with Crippen molar-refractivity contribution in [1.29, 1.82) is 0 Å². The van der Waals surface area contributed by atoms with Gasteiger partial charge in [-0.3, -0.25) is 9.59 Å². The first-order valence-corrected chi connectivity index (χ1v) is 6.38. The Morgan fingerprint density at radius 3 is 2.00 bits per heavy atom. The molecule has 0 aliphatic carbocycles. The van der Waals surface area contributed by atoms with Gasteiger partial charge in [0, 0.05) is 19.8 Å². The van der Waals surface area contributed by atoms with Crippen molar-refractivity contribution in [2.24, 2.45) is 5.92 Å². The predicted molar refractivity (Wildman–Crippen MR) is 64.7 cm³/mol. The highest BCUT2D eigenvalue weighted by Crippen LogP contribution is 2.43. The van der Waals surface area contributed by atoms with Gasteiger partial charge in [0.2, 0.25) is 6.29 Å². The van der Waals surface area contributed by atoms with Gasteiger partial charge in [-0.15, -0.1) is 0 Å². The fourth-order valence-electron chi connectivity index (χ4n) is 2.61. The van der Waals surface area contributed by atoms with Crippen LogP contribution in [0.3, 0.4) is 0 Å². The summed E-state index contributed by atoms with van der Waals surface area (Å²) in [6.45, 7) is 8.65. The van der Waals surface area contributed by atoms with Crippen LogP contribution in [-0.4, -0.2) is 29.9 Å². The molecule has 5 heteroatoms. The van der Waals surface area contributed by atoms with Crippen molar-refractivity contribution < 1.29 is 23.8 Å². The lowest BCUT2D eigenvalue weighted by Gasteiger charge is -2.30. The number of rotatable bonds is 4. The monoisotopic (exact) mass is 258 g/mol. The molecule has 0 aromatic carbocycles. The van der Waals surface area contributed by atoms with Crippen LogP contribution >= 0.6 is 0 Å². The van der Waals surface area contributed by atoms with E-state index in [9.17, 15) is 9.59 Å². The highest BCUT2D eigenvalue weighted by molar-refractivity contribution is 5.67. The zero-order valence-corrected chi connectivity index (χ0v) is 11.7. The molecular formula is C13H22O5. The number of carbonyl (C=O) groups excluding carboxylic acids is 2. The maximum Gasteiger partial charge on any atom is 0.305 e. The lowest BCUT2D eigenvalue weighted by atomic mass is 9.83. The van der Waals surface area contributed by atoms with Gasteiger partial charge in [0.15, 0.2) is 6.10 Å². The summed E-state index contributed by atoms with van der Waals surface area (Å²) in [4.78, 5) is 22.2. The van der Waals surface area contributed by atoms with Gasteiger partial charge in [0.05, 0.1) is 5.60 Å². The molecule has 0 N–H and O–H groups in total. The van der Waals surface area contributed by atoms with Gasteiger partial charge in [-0.05, 0) is 12.8 Å². The van der Waals surface area contributed by atoms with Crippen LogP contribution in [0.1, 0.15) is 47.5 Å². The maximum atomic E-state index is 11.1.